The average Bonchev–Trinajstić information content (AvgIpc) is 3.13. The number of hydrogen-bond acceptors (Lipinski definition) is 5. The smallest absolute Gasteiger partial charge is 0.329 e. The summed E-state index contributed by atoms with van der Waals surface area (Å²) < 4.78 is 24.3. The van der Waals surface area contributed by atoms with Gasteiger partial charge in [0.15, 0.2) is 18.1 Å². The van der Waals surface area contributed by atoms with E-state index in [0.29, 0.717) is 22.6 Å². The summed E-state index contributed by atoms with van der Waals surface area (Å²) >= 11 is 0. The third kappa shape index (κ3) is 5.69. The number of imide groups is 1. The van der Waals surface area contributed by atoms with Crippen LogP contribution in [0.25, 0.3) is 6.08 Å². The number of carbonyl (C=O) groups excluding carboxylic acids is 3. The summed E-state index contributed by atoms with van der Waals surface area (Å²) in [6, 6.07) is 17.3. The molecule has 1 aliphatic heterocycles. The largest absolute Gasteiger partial charge is 0.493 e. The van der Waals surface area contributed by atoms with E-state index in [-0.39, 0.29) is 30.5 Å². The fourth-order valence-electron chi connectivity index (χ4n) is 3.58. The van der Waals surface area contributed by atoms with Crippen molar-refractivity contribution in [2.24, 2.45) is 0 Å². The van der Waals surface area contributed by atoms with Gasteiger partial charge in [-0.05, 0) is 48.9 Å². The molecule has 0 aliphatic carbocycles. The van der Waals surface area contributed by atoms with Gasteiger partial charge in [0.2, 0.25) is 0 Å². The quantitative estimate of drug-likeness (QED) is 0.364. The van der Waals surface area contributed by atoms with Crippen LogP contribution in [-0.2, 0) is 16.1 Å². The number of nitrogens with one attached hydrogen (secondary N) is 2. The van der Waals surface area contributed by atoms with Crippen molar-refractivity contribution < 1.29 is 28.2 Å². The van der Waals surface area contributed by atoms with Gasteiger partial charge in [0.1, 0.15) is 11.5 Å². The maximum absolute atomic E-state index is 13.2. The van der Waals surface area contributed by atoms with Crippen molar-refractivity contribution in [3.63, 3.8) is 0 Å². The minimum atomic E-state index is -0.599. The standard InChI is InChI=1S/C27H24FN3O5/c1-17-6-12-21(13-7-17)29-24(32)16-36-25-19(4-3-5-23(25)35-2)14-22-26(33)31(27(34)30-22)15-18-8-10-20(28)11-9-18/h3-14H,15-16H2,1-2H3,(H,29,32)(H,30,34)/b22-14+. The highest BCUT2D eigenvalue weighted by atomic mass is 19.1. The van der Waals surface area contributed by atoms with Gasteiger partial charge in [0, 0.05) is 11.3 Å². The molecule has 3 aromatic rings. The fraction of sp³-hybridized carbons (Fsp3) is 0.148. The second-order valence-electron chi connectivity index (χ2n) is 8.09. The highest BCUT2D eigenvalue weighted by Gasteiger charge is 2.33. The average molecular weight is 490 g/mol. The molecule has 4 amide bonds. The van der Waals surface area contributed by atoms with Gasteiger partial charge < -0.3 is 20.1 Å². The minimum absolute atomic E-state index is 0.0110. The van der Waals surface area contributed by atoms with Gasteiger partial charge in [0.05, 0.1) is 13.7 Å². The molecule has 0 radical (unpaired) electrons. The first kappa shape index (κ1) is 24.5. The fourth-order valence-corrected chi connectivity index (χ4v) is 3.58. The van der Waals surface area contributed by atoms with Crippen LogP contribution >= 0.6 is 0 Å². The van der Waals surface area contributed by atoms with E-state index >= 15 is 0 Å². The summed E-state index contributed by atoms with van der Waals surface area (Å²) in [5.41, 5.74) is 2.78. The number of halogens is 1. The summed E-state index contributed by atoms with van der Waals surface area (Å²) in [7, 11) is 1.46. The number of methoxy groups -OCH3 is 1. The van der Waals surface area contributed by atoms with Crippen LogP contribution in [0.3, 0.4) is 0 Å². The number of aryl methyl sites for hydroxylation is 1. The lowest BCUT2D eigenvalue weighted by atomic mass is 10.1. The van der Waals surface area contributed by atoms with Gasteiger partial charge in [-0.1, -0.05) is 42.0 Å². The van der Waals surface area contributed by atoms with Crippen LogP contribution < -0.4 is 20.1 Å². The Bertz CT molecular complexity index is 1320. The van der Waals surface area contributed by atoms with Gasteiger partial charge in [-0.15, -0.1) is 0 Å². The van der Waals surface area contributed by atoms with E-state index in [1.54, 1.807) is 30.3 Å². The third-order valence-corrected chi connectivity index (χ3v) is 5.43. The Balaban J connectivity index is 1.50. The van der Waals surface area contributed by atoms with E-state index in [9.17, 15) is 18.8 Å². The molecule has 1 fully saturated rings. The number of hydrogen-bond donors (Lipinski definition) is 2. The first-order chi connectivity index (χ1) is 17.3. The molecular weight excluding hydrogens is 465 g/mol. The number of rotatable bonds is 8. The molecule has 9 heteroatoms. The highest BCUT2D eigenvalue weighted by molar-refractivity contribution is 6.14. The summed E-state index contributed by atoms with van der Waals surface area (Å²) in [6.45, 7) is 1.64. The maximum atomic E-state index is 13.2. The predicted octanol–water partition coefficient (Wildman–Crippen LogP) is 4.25. The Kier molecular flexibility index (Phi) is 7.29. The normalized spacial score (nSPS) is 14.1. The van der Waals surface area contributed by atoms with Gasteiger partial charge in [0.25, 0.3) is 11.8 Å². The zero-order valence-corrected chi connectivity index (χ0v) is 19.7. The second-order valence-corrected chi connectivity index (χ2v) is 8.09. The van der Waals surface area contributed by atoms with Crippen LogP contribution in [0.4, 0.5) is 14.9 Å². The third-order valence-electron chi connectivity index (χ3n) is 5.43. The molecular formula is C27H24FN3O5. The van der Waals surface area contributed by atoms with Crippen LogP contribution in [-0.4, -0.2) is 36.5 Å². The number of carbonyl (C=O) groups is 3. The first-order valence-corrected chi connectivity index (χ1v) is 11.1. The van der Waals surface area contributed by atoms with Crippen LogP contribution in [0, 0.1) is 12.7 Å². The lowest BCUT2D eigenvalue weighted by Gasteiger charge is -2.14. The second kappa shape index (κ2) is 10.7. The lowest BCUT2D eigenvalue weighted by Crippen LogP contribution is -2.30. The van der Waals surface area contributed by atoms with Crippen molar-refractivity contribution in [2.45, 2.75) is 13.5 Å². The van der Waals surface area contributed by atoms with Crippen LogP contribution in [0.15, 0.2) is 72.4 Å². The van der Waals surface area contributed by atoms with E-state index in [1.165, 1.54) is 37.5 Å². The van der Waals surface area contributed by atoms with Crippen molar-refractivity contribution in [3.05, 3.63) is 94.9 Å². The van der Waals surface area contributed by atoms with E-state index < -0.39 is 17.8 Å². The Morgan fingerprint density at radius 1 is 1.06 bits per heavy atom. The molecule has 1 heterocycles. The van der Waals surface area contributed by atoms with Crippen molar-refractivity contribution >= 4 is 29.6 Å². The number of para-hydroxylation sites is 1. The van der Waals surface area contributed by atoms with Gasteiger partial charge in [-0.25, -0.2) is 9.18 Å². The van der Waals surface area contributed by atoms with Crippen molar-refractivity contribution in [1.82, 2.24) is 10.2 Å². The summed E-state index contributed by atoms with van der Waals surface area (Å²) in [6.07, 6.45) is 1.46. The number of nitrogens with zero attached hydrogens (tertiary/aromatic N) is 1. The van der Waals surface area contributed by atoms with Gasteiger partial charge >= 0.3 is 6.03 Å². The Hall–Kier alpha value is -4.66. The number of amides is 4. The number of ether oxygens (including phenoxy) is 2. The van der Waals surface area contributed by atoms with Crippen LogP contribution in [0.5, 0.6) is 11.5 Å². The molecule has 3 aromatic carbocycles. The van der Waals surface area contributed by atoms with Crippen molar-refractivity contribution in [2.75, 3.05) is 19.0 Å². The van der Waals surface area contributed by atoms with Gasteiger partial charge in [-0.3, -0.25) is 14.5 Å². The number of benzene rings is 3. The monoisotopic (exact) mass is 489 g/mol. The van der Waals surface area contributed by atoms with E-state index in [4.69, 9.17) is 9.47 Å². The Morgan fingerprint density at radius 3 is 2.47 bits per heavy atom. The molecule has 2 N–H and O–H groups in total. The molecule has 0 bridgehead atoms. The van der Waals surface area contributed by atoms with E-state index in [1.807, 2.05) is 19.1 Å². The zero-order chi connectivity index (χ0) is 25.7. The summed E-state index contributed by atoms with van der Waals surface area (Å²) in [5, 5.41) is 5.30. The SMILES string of the molecule is COc1cccc(/C=C2/NC(=O)N(Cc3ccc(F)cc3)C2=O)c1OCC(=O)Nc1ccc(C)cc1. The highest BCUT2D eigenvalue weighted by Crippen LogP contribution is 2.33. The molecule has 8 nitrogen and oxygen atoms in total. The number of anilines is 1. The molecule has 0 atom stereocenters. The maximum Gasteiger partial charge on any atom is 0.329 e. The van der Waals surface area contributed by atoms with Crippen molar-refractivity contribution in [3.8, 4) is 11.5 Å². The Morgan fingerprint density at radius 2 is 1.78 bits per heavy atom. The molecule has 0 aromatic heterocycles. The van der Waals surface area contributed by atoms with E-state index in [0.717, 1.165) is 10.5 Å². The summed E-state index contributed by atoms with van der Waals surface area (Å²) in [4.78, 5) is 38.8. The molecule has 184 valence electrons. The number of urea groups is 1. The zero-order valence-electron chi connectivity index (χ0n) is 19.7. The lowest BCUT2D eigenvalue weighted by molar-refractivity contribution is -0.123. The van der Waals surface area contributed by atoms with Gasteiger partial charge in [-0.2, -0.15) is 0 Å². The van der Waals surface area contributed by atoms with Crippen molar-refractivity contribution in [1.29, 1.82) is 0 Å². The molecule has 1 saturated heterocycles. The predicted molar refractivity (Wildman–Crippen MR) is 132 cm³/mol. The molecule has 4 rings (SSSR count). The molecule has 0 saturated carbocycles. The Labute approximate surface area is 207 Å². The molecule has 0 spiro atoms. The minimum Gasteiger partial charge on any atom is -0.493 e. The molecule has 36 heavy (non-hydrogen) atoms. The van der Waals surface area contributed by atoms with E-state index in [2.05, 4.69) is 10.6 Å². The summed E-state index contributed by atoms with van der Waals surface area (Å²) in [5.74, 6) is -0.734. The molecule has 1 aliphatic rings. The topological polar surface area (TPSA) is 97.0 Å². The van der Waals surface area contributed by atoms with Crippen LogP contribution in [0.2, 0.25) is 0 Å². The van der Waals surface area contributed by atoms with Crippen LogP contribution in [0.1, 0.15) is 16.7 Å². The molecule has 0 unspecified atom stereocenters. The first-order valence-electron chi connectivity index (χ1n) is 11.1.